The van der Waals surface area contributed by atoms with Gasteiger partial charge in [0.25, 0.3) is 0 Å². The second-order valence-electron chi connectivity index (χ2n) is 6.86. The van der Waals surface area contributed by atoms with E-state index in [-0.39, 0.29) is 29.9 Å². The molecule has 2 rings (SSSR count). The summed E-state index contributed by atoms with van der Waals surface area (Å²) in [6.45, 7) is 9.12. The van der Waals surface area contributed by atoms with Crippen molar-refractivity contribution in [2.75, 3.05) is 12.4 Å². The van der Waals surface area contributed by atoms with Crippen molar-refractivity contribution >= 4 is 34.3 Å². The molecule has 1 heterocycles. The minimum atomic E-state index is -0.977. The predicted molar refractivity (Wildman–Crippen MR) is 108 cm³/mol. The van der Waals surface area contributed by atoms with Crippen molar-refractivity contribution in [2.45, 2.75) is 51.6 Å². The van der Waals surface area contributed by atoms with Crippen LogP contribution in [0.2, 0.25) is 0 Å². The Kier molecular flexibility index (Phi) is 7.18. The molecule has 0 fully saturated rings. The van der Waals surface area contributed by atoms with Crippen molar-refractivity contribution in [1.29, 1.82) is 0 Å². The number of amides is 1. The third-order valence-corrected chi connectivity index (χ3v) is 5.69. The number of carbonyl (C=O) groups excluding carboxylic acids is 3. The predicted octanol–water partition coefficient (Wildman–Crippen LogP) is 2.75. The summed E-state index contributed by atoms with van der Waals surface area (Å²) in [4.78, 5) is 40.8. The Labute approximate surface area is 164 Å². The summed E-state index contributed by atoms with van der Waals surface area (Å²) in [6.07, 6.45) is 6.70. The lowest BCUT2D eigenvalue weighted by Gasteiger charge is -2.27. The minimum absolute atomic E-state index is 0.0542. The molecule has 146 valence electrons. The topological polar surface area (TPSA) is 84.8 Å². The molecule has 27 heavy (non-hydrogen) atoms. The van der Waals surface area contributed by atoms with Gasteiger partial charge in [-0.05, 0) is 25.0 Å². The van der Waals surface area contributed by atoms with Crippen LogP contribution in [0.3, 0.4) is 0 Å². The number of hydrogen-bond donors (Lipinski definition) is 1. The quantitative estimate of drug-likeness (QED) is 0.612. The van der Waals surface area contributed by atoms with Gasteiger partial charge in [-0.1, -0.05) is 26.0 Å². The Bertz CT molecular complexity index is 738. The second kappa shape index (κ2) is 9.17. The molecule has 0 aromatic carbocycles. The highest BCUT2D eigenvalue weighted by Crippen LogP contribution is 2.29. The molecular formula is C20H26N2O4S. The smallest absolute Gasteiger partial charge is 0.249 e. The molecule has 1 aliphatic heterocycles. The molecule has 0 spiro atoms. The van der Waals surface area contributed by atoms with Gasteiger partial charge >= 0.3 is 0 Å². The standard InChI is InChI=1S/C20H26N2O4S/c1-5-7-17(14-9-15(24)11-16(10-14)26-8-6-2)21-19(25)20(4)12-27-18(22-20)13(3)23/h6,10-11,17H,2,5,7-9,12H2,1,3-4H3,(H,21,25)/t17-,20+/m1/s1. The number of rotatable bonds is 9. The lowest BCUT2D eigenvalue weighted by molar-refractivity contribution is -0.125. The van der Waals surface area contributed by atoms with Gasteiger partial charge in [-0.3, -0.25) is 19.4 Å². The van der Waals surface area contributed by atoms with Crippen LogP contribution in [0.25, 0.3) is 0 Å². The molecule has 2 aliphatic rings. The van der Waals surface area contributed by atoms with Crippen molar-refractivity contribution in [2.24, 2.45) is 4.99 Å². The van der Waals surface area contributed by atoms with Crippen LogP contribution in [0.5, 0.6) is 0 Å². The average Bonchev–Trinajstić information content (AvgIpc) is 3.03. The summed E-state index contributed by atoms with van der Waals surface area (Å²) in [5, 5.41) is 3.42. The lowest BCUT2D eigenvalue weighted by atomic mass is 9.92. The Hall–Kier alpha value is -2.15. The number of allylic oxidation sites excluding steroid dienone is 2. The fourth-order valence-electron chi connectivity index (χ4n) is 2.90. The maximum absolute atomic E-state index is 12.9. The van der Waals surface area contributed by atoms with E-state index in [1.54, 1.807) is 13.0 Å². The van der Waals surface area contributed by atoms with Crippen molar-refractivity contribution < 1.29 is 19.1 Å². The number of carbonyl (C=O) groups is 3. The van der Waals surface area contributed by atoms with Crippen molar-refractivity contribution in [3.63, 3.8) is 0 Å². The van der Waals surface area contributed by atoms with Gasteiger partial charge in [0, 0.05) is 25.2 Å². The van der Waals surface area contributed by atoms with Crippen LogP contribution >= 0.6 is 11.8 Å². The molecule has 2 atom stereocenters. The molecule has 0 saturated heterocycles. The van der Waals surface area contributed by atoms with E-state index >= 15 is 0 Å². The Balaban J connectivity index is 2.17. The molecule has 1 aliphatic carbocycles. The van der Waals surface area contributed by atoms with Crippen LogP contribution in [0.1, 0.15) is 40.0 Å². The number of aliphatic imine (C=N–C) groups is 1. The number of ketones is 2. The fourth-order valence-corrected chi connectivity index (χ4v) is 3.98. The summed E-state index contributed by atoms with van der Waals surface area (Å²) >= 11 is 1.30. The Morgan fingerprint density at radius 1 is 1.48 bits per heavy atom. The van der Waals surface area contributed by atoms with Crippen molar-refractivity contribution in [3.8, 4) is 0 Å². The Morgan fingerprint density at radius 3 is 2.81 bits per heavy atom. The van der Waals surface area contributed by atoms with Crippen LogP contribution in [-0.4, -0.2) is 46.5 Å². The number of hydrogen-bond acceptors (Lipinski definition) is 6. The summed E-state index contributed by atoms with van der Waals surface area (Å²) in [6, 6.07) is -0.277. The van der Waals surface area contributed by atoms with E-state index < -0.39 is 5.54 Å². The minimum Gasteiger partial charge on any atom is -0.489 e. The molecule has 7 heteroatoms. The number of thioether (sulfide) groups is 1. The normalized spacial score (nSPS) is 23.1. The van der Waals surface area contributed by atoms with Gasteiger partial charge in [-0.25, -0.2) is 0 Å². The van der Waals surface area contributed by atoms with Gasteiger partial charge in [-0.2, -0.15) is 0 Å². The van der Waals surface area contributed by atoms with E-state index in [0.29, 0.717) is 29.6 Å². The molecule has 0 bridgehead atoms. The number of nitrogens with one attached hydrogen (secondary N) is 1. The first-order valence-electron chi connectivity index (χ1n) is 9.02. The molecule has 6 nitrogen and oxygen atoms in total. The van der Waals surface area contributed by atoms with E-state index in [9.17, 15) is 14.4 Å². The van der Waals surface area contributed by atoms with E-state index in [2.05, 4.69) is 16.9 Å². The molecular weight excluding hydrogens is 364 g/mol. The molecule has 1 amide bonds. The monoisotopic (exact) mass is 390 g/mol. The highest BCUT2D eigenvalue weighted by molar-refractivity contribution is 8.16. The first-order chi connectivity index (χ1) is 12.8. The van der Waals surface area contributed by atoms with E-state index in [4.69, 9.17) is 4.74 Å². The summed E-state index contributed by atoms with van der Waals surface area (Å²) < 4.78 is 5.50. The first kappa shape index (κ1) is 21.2. The Morgan fingerprint density at radius 2 is 2.22 bits per heavy atom. The molecule has 0 saturated carbocycles. The summed E-state index contributed by atoms with van der Waals surface area (Å²) in [5.74, 6) is 0.494. The molecule has 0 aromatic heterocycles. The van der Waals surface area contributed by atoms with Crippen LogP contribution < -0.4 is 5.32 Å². The average molecular weight is 391 g/mol. The molecule has 0 unspecified atom stereocenters. The zero-order chi connectivity index (χ0) is 20.0. The number of nitrogens with zero attached hydrogens (tertiary/aromatic N) is 1. The van der Waals surface area contributed by atoms with Gasteiger partial charge in [0.2, 0.25) is 5.91 Å². The van der Waals surface area contributed by atoms with E-state index in [1.165, 1.54) is 24.8 Å². The number of ether oxygens (including phenoxy) is 1. The molecule has 0 aromatic rings. The highest BCUT2D eigenvalue weighted by atomic mass is 32.2. The third kappa shape index (κ3) is 5.42. The van der Waals surface area contributed by atoms with Gasteiger partial charge in [0.15, 0.2) is 11.6 Å². The van der Waals surface area contributed by atoms with Gasteiger partial charge in [0.1, 0.15) is 22.9 Å². The van der Waals surface area contributed by atoms with Crippen LogP contribution in [-0.2, 0) is 19.1 Å². The first-order valence-corrected chi connectivity index (χ1v) is 10.0. The largest absolute Gasteiger partial charge is 0.489 e. The lowest BCUT2D eigenvalue weighted by Crippen LogP contribution is -2.48. The SMILES string of the molecule is C=CCOC1=CC(=O)CC([C@@H](CCC)NC(=O)[C@]2(C)CSC(C(C)=O)=N2)=C1. The van der Waals surface area contributed by atoms with Gasteiger partial charge in [0.05, 0.1) is 6.04 Å². The van der Waals surface area contributed by atoms with Crippen LogP contribution in [0, 0.1) is 0 Å². The molecule has 1 N–H and O–H groups in total. The van der Waals surface area contributed by atoms with Crippen molar-refractivity contribution in [3.05, 3.63) is 36.1 Å². The zero-order valence-corrected chi connectivity index (χ0v) is 16.9. The summed E-state index contributed by atoms with van der Waals surface area (Å²) in [7, 11) is 0. The third-order valence-electron chi connectivity index (χ3n) is 4.34. The van der Waals surface area contributed by atoms with Gasteiger partial charge in [-0.15, -0.1) is 11.8 Å². The van der Waals surface area contributed by atoms with E-state index in [0.717, 1.165) is 12.0 Å². The maximum Gasteiger partial charge on any atom is 0.249 e. The highest BCUT2D eigenvalue weighted by Gasteiger charge is 2.40. The second-order valence-corrected chi connectivity index (χ2v) is 7.82. The van der Waals surface area contributed by atoms with Crippen molar-refractivity contribution in [1.82, 2.24) is 5.32 Å². The molecule has 0 radical (unpaired) electrons. The fraction of sp³-hybridized carbons (Fsp3) is 0.500. The van der Waals surface area contributed by atoms with E-state index in [1.807, 2.05) is 13.0 Å². The number of Topliss-reactive ketones (excluding diaryl/α,β-unsaturated/α-hetero) is 1. The zero-order valence-electron chi connectivity index (χ0n) is 16.0. The summed E-state index contributed by atoms with van der Waals surface area (Å²) in [5.41, 5.74) is -0.156. The van der Waals surface area contributed by atoms with Crippen LogP contribution in [0.4, 0.5) is 0 Å². The van der Waals surface area contributed by atoms with Crippen LogP contribution in [0.15, 0.2) is 41.1 Å². The maximum atomic E-state index is 12.9. The van der Waals surface area contributed by atoms with Gasteiger partial charge < -0.3 is 10.1 Å².